The first-order valence-corrected chi connectivity index (χ1v) is 7.46. The summed E-state index contributed by atoms with van der Waals surface area (Å²) in [6.07, 6.45) is 0. The number of nitrogens with one attached hydrogen (secondary N) is 2. The highest BCUT2D eigenvalue weighted by molar-refractivity contribution is 7.89. The van der Waals surface area contributed by atoms with Gasteiger partial charge in [0.25, 0.3) is 10.0 Å². The molecule has 0 fully saturated rings. The van der Waals surface area contributed by atoms with Gasteiger partial charge in [0, 0.05) is 11.8 Å². The lowest BCUT2D eigenvalue weighted by Gasteiger charge is -2.06. The molecule has 1 aromatic heterocycles. The van der Waals surface area contributed by atoms with Crippen molar-refractivity contribution in [3.63, 3.8) is 0 Å². The topological polar surface area (TPSA) is 91.6 Å². The van der Waals surface area contributed by atoms with Crippen molar-refractivity contribution in [3.05, 3.63) is 41.7 Å². The summed E-state index contributed by atoms with van der Waals surface area (Å²) in [5.74, 6) is 0.687. The van der Waals surface area contributed by atoms with Gasteiger partial charge in [-0.3, -0.25) is 0 Å². The van der Waals surface area contributed by atoms with Gasteiger partial charge in [0.15, 0.2) is 0 Å². The highest BCUT2D eigenvalue weighted by Crippen LogP contribution is 2.22. The smallest absolute Gasteiger partial charge is 0.273 e. The summed E-state index contributed by atoms with van der Waals surface area (Å²) in [5, 5.41) is 12.5. The molecule has 3 N–H and O–H groups in total. The standard InChI is InChI=1S/C13H16N2O4S/c1-9-3-4-10(7-12(9)16)15-8-11-5-6-13(19-11)20(17,18)14-2/h3-7,14-16H,8H2,1-2H3. The lowest BCUT2D eigenvalue weighted by molar-refractivity contribution is 0.417. The second kappa shape index (κ2) is 5.56. The summed E-state index contributed by atoms with van der Waals surface area (Å²) in [6, 6.07) is 8.20. The fourth-order valence-electron chi connectivity index (χ4n) is 1.61. The average molecular weight is 296 g/mol. The zero-order valence-corrected chi connectivity index (χ0v) is 12.0. The summed E-state index contributed by atoms with van der Waals surface area (Å²) in [7, 11) is -2.23. The van der Waals surface area contributed by atoms with Gasteiger partial charge in [-0.1, -0.05) is 6.07 Å². The first-order chi connectivity index (χ1) is 9.42. The molecule has 0 aliphatic heterocycles. The molecule has 20 heavy (non-hydrogen) atoms. The van der Waals surface area contributed by atoms with E-state index in [2.05, 4.69) is 10.0 Å². The van der Waals surface area contributed by atoms with Gasteiger partial charge < -0.3 is 14.8 Å². The van der Waals surface area contributed by atoms with Crippen LogP contribution in [0.15, 0.2) is 39.8 Å². The van der Waals surface area contributed by atoms with E-state index in [1.54, 1.807) is 25.1 Å². The van der Waals surface area contributed by atoms with Gasteiger partial charge in [-0.2, -0.15) is 0 Å². The molecule has 1 heterocycles. The molecule has 1 aromatic carbocycles. The van der Waals surface area contributed by atoms with E-state index in [0.29, 0.717) is 12.3 Å². The van der Waals surface area contributed by atoms with E-state index in [4.69, 9.17) is 4.42 Å². The van der Waals surface area contributed by atoms with Gasteiger partial charge in [-0.25, -0.2) is 13.1 Å². The number of phenolic OH excluding ortho intramolecular Hbond substituents is 1. The second-order valence-corrected chi connectivity index (χ2v) is 6.10. The van der Waals surface area contributed by atoms with E-state index in [1.165, 1.54) is 13.1 Å². The van der Waals surface area contributed by atoms with Crippen LogP contribution in [-0.4, -0.2) is 20.6 Å². The molecule has 0 unspecified atom stereocenters. The van der Waals surface area contributed by atoms with Crippen LogP contribution in [-0.2, 0) is 16.6 Å². The summed E-state index contributed by atoms with van der Waals surface area (Å²) >= 11 is 0. The molecule has 2 aromatic rings. The SMILES string of the molecule is CNS(=O)(=O)c1ccc(CNc2ccc(C)c(O)c2)o1. The van der Waals surface area contributed by atoms with Crippen LogP contribution >= 0.6 is 0 Å². The van der Waals surface area contributed by atoms with Crippen LogP contribution in [0.3, 0.4) is 0 Å². The Kier molecular flexibility index (Phi) is 4.01. The lowest BCUT2D eigenvalue weighted by atomic mass is 10.2. The predicted molar refractivity (Wildman–Crippen MR) is 75.1 cm³/mol. The molecule has 7 heteroatoms. The number of aromatic hydroxyl groups is 1. The van der Waals surface area contributed by atoms with E-state index < -0.39 is 10.0 Å². The number of benzene rings is 1. The maximum absolute atomic E-state index is 11.5. The van der Waals surface area contributed by atoms with Crippen molar-refractivity contribution in [2.45, 2.75) is 18.6 Å². The number of anilines is 1. The molecular formula is C13H16N2O4S. The van der Waals surface area contributed by atoms with Crippen LogP contribution < -0.4 is 10.0 Å². The molecule has 6 nitrogen and oxygen atoms in total. The summed E-state index contributed by atoms with van der Waals surface area (Å²) in [6.45, 7) is 2.13. The Bertz CT molecular complexity index is 707. The lowest BCUT2D eigenvalue weighted by Crippen LogP contribution is -2.17. The monoisotopic (exact) mass is 296 g/mol. The molecule has 0 bridgehead atoms. The Labute approximate surface area is 117 Å². The third kappa shape index (κ3) is 3.12. The number of hydrogen-bond donors (Lipinski definition) is 3. The molecule has 0 amide bonds. The Morgan fingerprint density at radius 1 is 1.25 bits per heavy atom. The molecule has 0 saturated carbocycles. The maximum Gasteiger partial charge on any atom is 0.273 e. The summed E-state index contributed by atoms with van der Waals surface area (Å²) in [4.78, 5) is 0. The van der Waals surface area contributed by atoms with Gasteiger partial charge >= 0.3 is 0 Å². The van der Waals surface area contributed by atoms with E-state index in [-0.39, 0.29) is 10.8 Å². The zero-order chi connectivity index (χ0) is 14.8. The number of sulfonamides is 1. The minimum absolute atomic E-state index is 0.122. The number of hydrogen-bond acceptors (Lipinski definition) is 5. The van der Waals surface area contributed by atoms with Crippen molar-refractivity contribution < 1.29 is 17.9 Å². The van der Waals surface area contributed by atoms with Crippen molar-refractivity contribution in [2.24, 2.45) is 0 Å². The number of aryl methyl sites for hydroxylation is 1. The second-order valence-electron chi connectivity index (χ2n) is 4.28. The van der Waals surface area contributed by atoms with Crippen LogP contribution in [0.2, 0.25) is 0 Å². The largest absolute Gasteiger partial charge is 0.508 e. The van der Waals surface area contributed by atoms with E-state index in [0.717, 1.165) is 11.3 Å². The van der Waals surface area contributed by atoms with Gasteiger partial charge in [0.1, 0.15) is 11.5 Å². The van der Waals surface area contributed by atoms with Crippen LogP contribution in [0.1, 0.15) is 11.3 Å². The highest BCUT2D eigenvalue weighted by atomic mass is 32.2. The first-order valence-electron chi connectivity index (χ1n) is 5.98. The molecule has 0 radical (unpaired) electrons. The van der Waals surface area contributed by atoms with Gasteiger partial charge in [-0.15, -0.1) is 0 Å². The van der Waals surface area contributed by atoms with Crippen LogP contribution in [0.25, 0.3) is 0 Å². The number of phenols is 1. The van der Waals surface area contributed by atoms with Crippen molar-refractivity contribution in [2.75, 3.05) is 12.4 Å². The average Bonchev–Trinajstić information content (AvgIpc) is 2.90. The fourth-order valence-corrected chi connectivity index (χ4v) is 2.27. The molecule has 0 aliphatic rings. The third-order valence-corrected chi connectivity index (χ3v) is 4.13. The molecule has 0 atom stereocenters. The first kappa shape index (κ1) is 14.4. The van der Waals surface area contributed by atoms with E-state index in [1.807, 2.05) is 6.07 Å². The summed E-state index contributed by atoms with van der Waals surface area (Å²) in [5.41, 5.74) is 1.51. The number of furan rings is 1. The van der Waals surface area contributed by atoms with Crippen LogP contribution in [0.5, 0.6) is 5.75 Å². The molecule has 0 saturated heterocycles. The van der Waals surface area contributed by atoms with Crippen LogP contribution in [0, 0.1) is 6.92 Å². The van der Waals surface area contributed by atoms with Crippen molar-refractivity contribution in [3.8, 4) is 5.75 Å². The van der Waals surface area contributed by atoms with Crippen molar-refractivity contribution in [1.29, 1.82) is 0 Å². The minimum Gasteiger partial charge on any atom is -0.508 e. The Hall–Kier alpha value is -1.99. The highest BCUT2D eigenvalue weighted by Gasteiger charge is 2.16. The maximum atomic E-state index is 11.5. The zero-order valence-electron chi connectivity index (χ0n) is 11.2. The van der Waals surface area contributed by atoms with E-state index in [9.17, 15) is 13.5 Å². The third-order valence-electron chi connectivity index (χ3n) is 2.85. The minimum atomic E-state index is -3.56. The van der Waals surface area contributed by atoms with Gasteiger partial charge in [0.05, 0.1) is 6.54 Å². The summed E-state index contributed by atoms with van der Waals surface area (Å²) < 4.78 is 30.4. The normalized spacial score (nSPS) is 11.5. The van der Waals surface area contributed by atoms with Crippen LogP contribution in [0.4, 0.5) is 5.69 Å². The Morgan fingerprint density at radius 2 is 2.00 bits per heavy atom. The van der Waals surface area contributed by atoms with Gasteiger partial charge in [-0.05, 0) is 37.7 Å². The van der Waals surface area contributed by atoms with Gasteiger partial charge in [0.2, 0.25) is 5.09 Å². The molecule has 2 rings (SSSR count). The quantitative estimate of drug-likeness (QED) is 0.782. The molecular weight excluding hydrogens is 280 g/mol. The van der Waals surface area contributed by atoms with Crippen molar-refractivity contribution in [1.82, 2.24) is 4.72 Å². The Balaban J connectivity index is 2.06. The molecule has 108 valence electrons. The molecule has 0 aliphatic carbocycles. The Morgan fingerprint density at radius 3 is 2.65 bits per heavy atom. The van der Waals surface area contributed by atoms with E-state index >= 15 is 0 Å². The molecule has 0 spiro atoms. The number of rotatable bonds is 5. The van der Waals surface area contributed by atoms with Crippen molar-refractivity contribution >= 4 is 15.7 Å². The fraction of sp³-hybridized carbons (Fsp3) is 0.231. The predicted octanol–water partition coefficient (Wildman–Crippen LogP) is 1.81.